The molecule has 3 rings (SSSR count). The van der Waals surface area contributed by atoms with Crippen LogP contribution in [0.25, 0.3) is 0 Å². The summed E-state index contributed by atoms with van der Waals surface area (Å²) in [6.07, 6.45) is 4.39. The van der Waals surface area contributed by atoms with Crippen LogP contribution >= 0.6 is 27.7 Å². The summed E-state index contributed by atoms with van der Waals surface area (Å²) in [5.74, 6) is 0.978. The molecule has 1 aliphatic carbocycles. The van der Waals surface area contributed by atoms with Gasteiger partial charge in [0.2, 0.25) is 0 Å². The smallest absolute Gasteiger partial charge is 0.114 e. The van der Waals surface area contributed by atoms with Crippen molar-refractivity contribution in [2.45, 2.75) is 42.1 Å². The van der Waals surface area contributed by atoms with Gasteiger partial charge >= 0.3 is 0 Å². The molecule has 1 fully saturated rings. The van der Waals surface area contributed by atoms with Gasteiger partial charge < -0.3 is 9.73 Å². The fourth-order valence-electron chi connectivity index (χ4n) is 1.91. The molecular formula is C15H16BrNOS. The van der Waals surface area contributed by atoms with Gasteiger partial charge in [0.1, 0.15) is 5.76 Å². The summed E-state index contributed by atoms with van der Waals surface area (Å²) < 4.78 is 6.48. The minimum Gasteiger partial charge on any atom is -0.468 e. The first kappa shape index (κ1) is 13.3. The molecule has 0 aliphatic heterocycles. The van der Waals surface area contributed by atoms with Gasteiger partial charge in [-0.25, -0.2) is 0 Å². The van der Waals surface area contributed by atoms with Crippen molar-refractivity contribution in [3.8, 4) is 0 Å². The molecular weight excluding hydrogens is 322 g/mol. The number of furan rings is 1. The lowest BCUT2D eigenvalue weighted by Gasteiger charge is -2.10. The van der Waals surface area contributed by atoms with Gasteiger partial charge in [-0.15, -0.1) is 0 Å². The first-order valence-corrected chi connectivity index (χ1v) is 8.07. The molecule has 1 aliphatic rings. The Balaban J connectivity index is 1.80. The highest BCUT2D eigenvalue weighted by Gasteiger charge is 2.20. The Kier molecular flexibility index (Phi) is 4.01. The van der Waals surface area contributed by atoms with E-state index in [4.69, 9.17) is 4.42 Å². The predicted octanol–water partition coefficient (Wildman–Crippen LogP) is 4.75. The molecule has 2 aromatic rings. The highest BCUT2D eigenvalue weighted by Crippen LogP contribution is 2.35. The summed E-state index contributed by atoms with van der Waals surface area (Å²) in [6.45, 7) is 2.94. The molecule has 1 N–H and O–H groups in total. The molecule has 0 radical (unpaired) electrons. The maximum Gasteiger partial charge on any atom is 0.114 e. The van der Waals surface area contributed by atoms with E-state index in [0.717, 1.165) is 22.8 Å². The second kappa shape index (κ2) is 5.73. The minimum absolute atomic E-state index is 0.733. The minimum atomic E-state index is 0.733. The molecule has 0 spiro atoms. The lowest BCUT2D eigenvalue weighted by atomic mass is 10.2. The lowest BCUT2D eigenvalue weighted by Crippen LogP contribution is -2.15. The van der Waals surface area contributed by atoms with E-state index in [-0.39, 0.29) is 0 Å². The van der Waals surface area contributed by atoms with Crippen molar-refractivity contribution in [2.75, 3.05) is 0 Å². The summed E-state index contributed by atoms with van der Waals surface area (Å²) in [4.78, 5) is 2.47. The molecule has 100 valence electrons. The van der Waals surface area contributed by atoms with Gasteiger partial charge in [-0.2, -0.15) is 0 Å². The Morgan fingerprint density at radius 1 is 1.32 bits per heavy atom. The SMILES string of the molecule is Cc1occc1Sc1cc(Br)ccc1CNC1CC1. The second-order valence-corrected chi connectivity index (χ2v) is 6.85. The summed E-state index contributed by atoms with van der Waals surface area (Å²) >= 11 is 5.32. The monoisotopic (exact) mass is 337 g/mol. The van der Waals surface area contributed by atoms with E-state index in [1.54, 1.807) is 18.0 Å². The van der Waals surface area contributed by atoms with Crippen LogP contribution in [0.15, 0.2) is 49.2 Å². The highest BCUT2D eigenvalue weighted by molar-refractivity contribution is 9.10. The van der Waals surface area contributed by atoms with Crippen molar-refractivity contribution < 1.29 is 4.42 Å². The molecule has 19 heavy (non-hydrogen) atoms. The first-order valence-electron chi connectivity index (χ1n) is 6.46. The summed E-state index contributed by atoms with van der Waals surface area (Å²) in [5.41, 5.74) is 1.35. The van der Waals surface area contributed by atoms with Crippen LogP contribution in [-0.4, -0.2) is 6.04 Å². The number of hydrogen-bond acceptors (Lipinski definition) is 3. The molecule has 0 atom stereocenters. The van der Waals surface area contributed by atoms with Crippen LogP contribution in [0.2, 0.25) is 0 Å². The lowest BCUT2D eigenvalue weighted by molar-refractivity contribution is 0.527. The topological polar surface area (TPSA) is 25.2 Å². The van der Waals surface area contributed by atoms with Gasteiger partial charge in [-0.05, 0) is 43.5 Å². The molecule has 0 unspecified atom stereocenters. The number of rotatable bonds is 5. The van der Waals surface area contributed by atoms with Gasteiger partial charge in [0.15, 0.2) is 0 Å². The van der Waals surface area contributed by atoms with Gasteiger partial charge in [0.25, 0.3) is 0 Å². The molecule has 4 heteroatoms. The number of hydrogen-bond donors (Lipinski definition) is 1. The van der Waals surface area contributed by atoms with Crippen molar-refractivity contribution >= 4 is 27.7 Å². The Morgan fingerprint density at radius 3 is 2.84 bits per heavy atom. The fourth-order valence-corrected chi connectivity index (χ4v) is 3.43. The quantitative estimate of drug-likeness (QED) is 0.851. The number of halogens is 1. The van der Waals surface area contributed by atoms with Gasteiger partial charge in [0, 0.05) is 22.0 Å². The van der Waals surface area contributed by atoms with Crippen LogP contribution in [0.4, 0.5) is 0 Å². The molecule has 0 amide bonds. The van der Waals surface area contributed by atoms with Gasteiger partial charge in [-0.1, -0.05) is 33.8 Å². The molecule has 0 saturated heterocycles. The zero-order valence-electron chi connectivity index (χ0n) is 10.8. The Bertz CT molecular complexity index is 577. The van der Waals surface area contributed by atoms with Crippen molar-refractivity contribution in [1.29, 1.82) is 0 Å². The van der Waals surface area contributed by atoms with Crippen molar-refractivity contribution in [3.63, 3.8) is 0 Å². The summed E-state index contributed by atoms with van der Waals surface area (Å²) in [6, 6.07) is 9.24. The van der Waals surface area contributed by atoms with Gasteiger partial charge in [-0.3, -0.25) is 0 Å². The van der Waals surface area contributed by atoms with Crippen LogP contribution in [0, 0.1) is 6.92 Å². The van der Waals surface area contributed by atoms with Crippen LogP contribution < -0.4 is 5.32 Å². The van der Waals surface area contributed by atoms with E-state index in [0.29, 0.717) is 0 Å². The highest BCUT2D eigenvalue weighted by atomic mass is 79.9. The van der Waals surface area contributed by atoms with Crippen molar-refractivity contribution in [3.05, 3.63) is 46.3 Å². The molecule has 2 nitrogen and oxygen atoms in total. The predicted molar refractivity (Wildman–Crippen MR) is 81.6 cm³/mol. The maximum atomic E-state index is 5.37. The molecule has 1 aromatic carbocycles. The first-order chi connectivity index (χ1) is 9.22. The summed E-state index contributed by atoms with van der Waals surface area (Å²) in [7, 11) is 0. The van der Waals surface area contributed by atoms with Crippen molar-refractivity contribution in [1.82, 2.24) is 5.32 Å². The van der Waals surface area contributed by atoms with E-state index in [1.807, 2.05) is 13.0 Å². The Hall–Kier alpha value is -0.710. The van der Waals surface area contributed by atoms with Crippen LogP contribution in [0.5, 0.6) is 0 Å². The van der Waals surface area contributed by atoms with Crippen LogP contribution in [0.1, 0.15) is 24.2 Å². The molecule has 0 bridgehead atoms. The zero-order valence-corrected chi connectivity index (χ0v) is 13.2. The van der Waals surface area contributed by atoms with Gasteiger partial charge in [0.05, 0.1) is 11.2 Å². The van der Waals surface area contributed by atoms with E-state index in [2.05, 4.69) is 39.4 Å². The van der Waals surface area contributed by atoms with E-state index in [1.165, 1.54) is 28.2 Å². The van der Waals surface area contributed by atoms with E-state index in [9.17, 15) is 0 Å². The standard InChI is InChI=1S/C15H16BrNOS/c1-10-14(6-7-18-10)19-15-8-12(16)3-2-11(15)9-17-13-4-5-13/h2-3,6-8,13,17H,4-5,9H2,1H3. The number of aryl methyl sites for hydroxylation is 1. The number of benzene rings is 1. The zero-order chi connectivity index (χ0) is 13.2. The van der Waals surface area contributed by atoms with Crippen molar-refractivity contribution in [2.24, 2.45) is 0 Å². The third-order valence-electron chi connectivity index (χ3n) is 3.22. The van der Waals surface area contributed by atoms with Crippen LogP contribution in [-0.2, 0) is 6.54 Å². The fraction of sp³-hybridized carbons (Fsp3) is 0.333. The normalized spacial score (nSPS) is 14.8. The Labute approximate surface area is 126 Å². The molecule has 1 heterocycles. The average molecular weight is 338 g/mol. The van der Waals surface area contributed by atoms with E-state index >= 15 is 0 Å². The third kappa shape index (κ3) is 3.44. The van der Waals surface area contributed by atoms with Crippen LogP contribution in [0.3, 0.4) is 0 Å². The average Bonchev–Trinajstić information content (AvgIpc) is 3.13. The third-order valence-corrected chi connectivity index (χ3v) is 4.96. The molecule has 1 aromatic heterocycles. The molecule has 1 saturated carbocycles. The van der Waals surface area contributed by atoms with E-state index < -0.39 is 0 Å². The Morgan fingerprint density at radius 2 is 2.16 bits per heavy atom. The summed E-state index contributed by atoms with van der Waals surface area (Å²) in [5, 5.41) is 3.57. The maximum absolute atomic E-state index is 5.37. The second-order valence-electron chi connectivity index (χ2n) is 4.85. The largest absolute Gasteiger partial charge is 0.468 e. The number of nitrogens with one attached hydrogen (secondary N) is 1.